The average Bonchev–Trinajstić information content (AvgIpc) is 3.20. The van der Waals surface area contributed by atoms with Crippen LogP contribution in [0.2, 0.25) is 10.0 Å². The second-order valence-electron chi connectivity index (χ2n) is 5.78. The van der Waals surface area contributed by atoms with E-state index in [9.17, 15) is 4.79 Å². The van der Waals surface area contributed by atoms with Crippen LogP contribution < -0.4 is 5.32 Å². The van der Waals surface area contributed by atoms with Gasteiger partial charge in [-0.25, -0.2) is 0 Å². The van der Waals surface area contributed by atoms with Gasteiger partial charge in [0.15, 0.2) is 5.69 Å². The average molecular weight is 386 g/mol. The van der Waals surface area contributed by atoms with Crippen molar-refractivity contribution in [2.75, 3.05) is 5.32 Å². The summed E-state index contributed by atoms with van der Waals surface area (Å²) in [5.41, 5.74) is 2.65. The predicted molar refractivity (Wildman–Crippen MR) is 102 cm³/mol. The van der Waals surface area contributed by atoms with Gasteiger partial charge in [0.2, 0.25) is 0 Å². The molecule has 6 nitrogen and oxygen atoms in total. The van der Waals surface area contributed by atoms with E-state index in [1.54, 1.807) is 23.1 Å². The van der Waals surface area contributed by atoms with Crippen molar-refractivity contribution in [2.24, 2.45) is 0 Å². The number of H-pyrrole nitrogens is 1. The van der Waals surface area contributed by atoms with Gasteiger partial charge in [0.05, 0.1) is 23.9 Å². The van der Waals surface area contributed by atoms with E-state index >= 15 is 0 Å². The molecule has 4 rings (SSSR count). The number of aromatic nitrogens is 4. The maximum atomic E-state index is 12.5. The van der Waals surface area contributed by atoms with Crippen LogP contribution in [-0.2, 0) is 6.54 Å². The highest BCUT2D eigenvalue weighted by Crippen LogP contribution is 2.20. The normalized spacial score (nSPS) is 11.0. The van der Waals surface area contributed by atoms with Crippen molar-refractivity contribution < 1.29 is 4.79 Å². The highest BCUT2D eigenvalue weighted by Gasteiger charge is 2.14. The van der Waals surface area contributed by atoms with Crippen LogP contribution in [0.1, 0.15) is 16.1 Å². The minimum absolute atomic E-state index is 0.298. The van der Waals surface area contributed by atoms with Crippen LogP contribution in [-0.4, -0.2) is 25.9 Å². The van der Waals surface area contributed by atoms with Gasteiger partial charge >= 0.3 is 0 Å². The number of benzene rings is 2. The molecule has 2 aromatic carbocycles. The Labute approximate surface area is 158 Å². The standard InChI is InChI=1S/C18H13Cl2N5O/c19-12-5-11(6-13(20)7-12)9-25-10-14(8-21-25)22-18(26)17-15-3-1-2-4-16(15)23-24-17/h1-8,10H,9H2,(H,22,26)(H,23,24). The van der Waals surface area contributed by atoms with E-state index in [0.29, 0.717) is 28.0 Å². The molecule has 0 saturated heterocycles. The zero-order chi connectivity index (χ0) is 18.1. The van der Waals surface area contributed by atoms with E-state index < -0.39 is 0 Å². The van der Waals surface area contributed by atoms with E-state index in [4.69, 9.17) is 23.2 Å². The van der Waals surface area contributed by atoms with E-state index in [2.05, 4.69) is 20.6 Å². The lowest BCUT2D eigenvalue weighted by atomic mass is 10.2. The van der Waals surface area contributed by atoms with Gasteiger partial charge in [-0.2, -0.15) is 10.2 Å². The number of hydrogen-bond acceptors (Lipinski definition) is 3. The molecule has 2 N–H and O–H groups in total. The number of nitrogens with zero attached hydrogens (tertiary/aromatic N) is 3. The number of aromatic amines is 1. The molecule has 2 aromatic heterocycles. The number of carbonyl (C=O) groups excluding carboxylic acids is 1. The van der Waals surface area contributed by atoms with Crippen molar-refractivity contribution in [2.45, 2.75) is 6.54 Å². The molecule has 0 fully saturated rings. The lowest BCUT2D eigenvalue weighted by Gasteiger charge is -2.04. The Hall–Kier alpha value is -2.83. The summed E-state index contributed by atoms with van der Waals surface area (Å²) in [6, 6.07) is 12.8. The van der Waals surface area contributed by atoms with Crippen LogP contribution in [0.25, 0.3) is 10.9 Å². The number of fused-ring (bicyclic) bond motifs is 1. The Bertz CT molecular complexity index is 1080. The number of para-hydroxylation sites is 1. The minimum Gasteiger partial charge on any atom is -0.318 e. The Kier molecular flexibility index (Phi) is 4.36. The van der Waals surface area contributed by atoms with Gasteiger partial charge in [0.25, 0.3) is 5.91 Å². The SMILES string of the molecule is O=C(Nc1cnn(Cc2cc(Cl)cc(Cl)c2)c1)c1n[nH]c2ccccc12. The Balaban J connectivity index is 1.50. The zero-order valence-electron chi connectivity index (χ0n) is 13.4. The van der Waals surface area contributed by atoms with Gasteiger partial charge in [0.1, 0.15) is 0 Å². The monoisotopic (exact) mass is 385 g/mol. The fourth-order valence-electron chi connectivity index (χ4n) is 2.73. The summed E-state index contributed by atoms with van der Waals surface area (Å²) in [7, 11) is 0. The maximum Gasteiger partial charge on any atom is 0.276 e. The highest BCUT2D eigenvalue weighted by atomic mass is 35.5. The van der Waals surface area contributed by atoms with E-state index in [1.807, 2.05) is 36.4 Å². The molecule has 0 aliphatic rings. The van der Waals surface area contributed by atoms with E-state index in [-0.39, 0.29) is 5.91 Å². The van der Waals surface area contributed by atoms with Gasteiger partial charge < -0.3 is 5.32 Å². The third kappa shape index (κ3) is 3.42. The first-order chi connectivity index (χ1) is 12.6. The van der Waals surface area contributed by atoms with Crippen molar-refractivity contribution in [3.8, 4) is 0 Å². The molecule has 0 spiro atoms. The van der Waals surface area contributed by atoms with E-state index in [0.717, 1.165) is 16.5 Å². The van der Waals surface area contributed by atoms with Crippen LogP contribution in [0.4, 0.5) is 5.69 Å². The summed E-state index contributed by atoms with van der Waals surface area (Å²) in [5.74, 6) is -0.298. The molecule has 26 heavy (non-hydrogen) atoms. The first-order valence-electron chi connectivity index (χ1n) is 7.80. The molecule has 8 heteroatoms. The molecule has 0 atom stereocenters. The smallest absolute Gasteiger partial charge is 0.276 e. The van der Waals surface area contributed by atoms with Crippen LogP contribution >= 0.6 is 23.2 Å². The number of nitrogens with one attached hydrogen (secondary N) is 2. The Morgan fingerprint density at radius 2 is 1.92 bits per heavy atom. The molecule has 1 amide bonds. The largest absolute Gasteiger partial charge is 0.318 e. The highest BCUT2D eigenvalue weighted by molar-refractivity contribution is 6.34. The number of amides is 1. The van der Waals surface area contributed by atoms with Gasteiger partial charge in [-0.3, -0.25) is 14.6 Å². The predicted octanol–water partition coefficient (Wildman–Crippen LogP) is 4.37. The van der Waals surface area contributed by atoms with Gasteiger partial charge in [-0.15, -0.1) is 0 Å². The first-order valence-corrected chi connectivity index (χ1v) is 8.56. The number of rotatable bonds is 4. The molecule has 0 aliphatic carbocycles. The third-order valence-corrected chi connectivity index (χ3v) is 4.28. The lowest BCUT2D eigenvalue weighted by Crippen LogP contribution is -2.12. The number of anilines is 1. The fourth-order valence-corrected chi connectivity index (χ4v) is 3.30. The Morgan fingerprint density at radius 1 is 1.15 bits per heavy atom. The molecule has 2 heterocycles. The van der Waals surface area contributed by atoms with E-state index in [1.165, 1.54) is 0 Å². The zero-order valence-corrected chi connectivity index (χ0v) is 14.9. The third-order valence-electron chi connectivity index (χ3n) is 3.84. The molecule has 0 aliphatic heterocycles. The first kappa shape index (κ1) is 16.6. The van der Waals surface area contributed by atoms with Crippen molar-refractivity contribution >= 4 is 45.7 Å². The topological polar surface area (TPSA) is 75.6 Å². The van der Waals surface area contributed by atoms with Crippen LogP contribution in [0.3, 0.4) is 0 Å². The molecule has 130 valence electrons. The quantitative estimate of drug-likeness (QED) is 0.547. The summed E-state index contributed by atoms with van der Waals surface area (Å²) in [6.07, 6.45) is 3.32. The summed E-state index contributed by atoms with van der Waals surface area (Å²) in [4.78, 5) is 12.5. The number of halogens is 2. The van der Waals surface area contributed by atoms with Gasteiger partial charge in [0, 0.05) is 21.6 Å². The molecule has 0 unspecified atom stereocenters. The summed E-state index contributed by atoms with van der Waals surface area (Å²) in [5, 5.41) is 15.9. The van der Waals surface area contributed by atoms with Gasteiger partial charge in [-0.05, 0) is 29.8 Å². The second kappa shape index (κ2) is 6.82. The molecular formula is C18H13Cl2N5O. The van der Waals surface area contributed by atoms with Crippen LogP contribution in [0.5, 0.6) is 0 Å². The second-order valence-corrected chi connectivity index (χ2v) is 6.65. The maximum absolute atomic E-state index is 12.5. The summed E-state index contributed by atoms with van der Waals surface area (Å²) >= 11 is 12.0. The lowest BCUT2D eigenvalue weighted by molar-refractivity contribution is 0.102. The molecule has 0 radical (unpaired) electrons. The van der Waals surface area contributed by atoms with Crippen molar-refractivity contribution in [3.05, 3.63) is 76.2 Å². The molecule has 0 saturated carbocycles. The summed E-state index contributed by atoms with van der Waals surface area (Å²) in [6.45, 7) is 0.488. The van der Waals surface area contributed by atoms with Crippen molar-refractivity contribution in [1.29, 1.82) is 0 Å². The van der Waals surface area contributed by atoms with Crippen LogP contribution in [0.15, 0.2) is 54.9 Å². The number of hydrogen-bond donors (Lipinski definition) is 2. The molecule has 0 bridgehead atoms. The molecular weight excluding hydrogens is 373 g/mol. The van der Waals surface area contributed by atoms with Crippen molar-refractivity contribution in [1.82, 2.24) is 20.0 Å². The summed E-state index contributed by atoms with van der Waals surface area (Å²) < 4.78 is 1.69. The van der Waals surface area contributed by atoms with Crippen molar-refractivity contribution in [3.63, 3.8) is 0 Å². The fraction of sp³-hybridized carbons (Fsp3) is 0.0556. The van der Waals surface area contributed by atoms with Gasteiger partial charge in [-0.1, -0.05) is 41.4 Å². The molecule has 4 aromatic rings. The minimum atomic E-state index is -0.298. The Morgan fingerprint density at radius 3 is 2.73 bits per heavy atom. The number of carbonyl (C=O) groups is 1. The van der Waals surface area contributed by atoms with Crippen LogP contribution in [0, 0.1) is 0 Å².